The number of carboxylic acids is 1. The number of carbonyl (C=O) groups excluding carboxylic acids is 1. The van der Waals surface area contributed by atoms with Gasteiger partial charge in [0, 0.05) is 25.7 Å². The summed E-state index contributed by atoms with van der Waals surface area (Å²) in [6.45, 7) is 6.63. The van der Waals surface area contributed by atoms with Crippen LogP contribution in [-0.2, 0) is 9.53 Å². The van der Waals surface area contributed by atoms with E-state index in [0.29, 0.717) is 37.4 Å². The molecule has 0 spiro atoms. The van der Waals surface area contributed by atoms with Crippen molar-refractivity contribution in [3.05, 3.63) is 23.2 Å². The number of aliphatic carboxylic acids is 1. The van der Waals surface area contributed by atoms with E-state index < -0.39 is 11.4 Å². The zero-order chi connectivity index (χ0) is 16.3. The van der Waals surface area contributed by atoms with Crippen molar-refractivity contribution in [2.24, 2.45) is 5.41 Å². The van der Waals surface area contributed by atoms with Gasteiger partial charge in [0.25, 0.3) is 5.91 Å². The van der Waals surface area contributed by atoms with Gasteiger partial charge >= 0.3 is 5.97 Å². The first kappa shape index (κ1) is 16.5. The Bertz CT molecular complexity index is 555. The molecule has 1 aliphatic rings. The van der Waals surface area contributed by atoms with E-state index in [1.807, 2.05) is 13.8 Å². The fourth-order valence-electron chi connectivity index (χ4n) is 2.59. The molecule has 0 saturated carbocycles. The second-order valence-corrected chi connectivity index (χ2v) is 6.15. The predicted molar refractivity (Wildman–Crippen MR) is 80.0 cm³/mol. The zero-order valence-electron chi connectivity index (χ0n) is 13.3. The average molecular weight is 309 g/mol. The highest BCUT2D eigenvalue weighted by Gasteiger charge is 2.40. The normalized spacial score (nSPS) is 17.5. The second kappa shape index (κ2) is 6.52. The zero-order valence-corrected chi connectivity index (χ0v) is 13.3. The minimum Gasteiger partial charge on any atom is -0.481 e. The number of furan rings is 1. The van der Waals surface area contributed by atoms with Gasteiger partial charge in [0.15, 0.2) is 0 Å². The van der Waals surface area contributed by atoms with E-state index in [0.717, 1.165) is 5.76 Å². The summed E-state index contributed by atoms with van der Waals surface area (Å²) < 4.78 is 10.8. The molecule has 0 aromatic carbocycles. The first-order valence-electron chi connectivity index (χ1n) is 7.55. The highest BCUT2D eigenvalue weighted by atomic mass is 16.5. The Labute approximate surface area is 129 Å². The standard InChI is InChI=1S/C16H23NO5/c1-10(2)13-8-12(11(3)22-13)14(18)17-9-16(15(19)20)4-6-21-7-5-16/h8,10H,4-7,9H2,1-3H3,(H,17,18)(H,19,20). The maximum absolute atomic E-state index is 12.3. The van der Waals surface area contributed by atoms with Gasteiger partial charge in [-0.2, -0.15) is 0 Å². The quantitative estimate of drug-likeness (QED) is 0.871. The number of rotatable bonds is 5. The third-order valence-corrected chi connectivity index (χ3v) is 4.24. The highest BCUT2D eigenvalue weighted by molar-refractivity contribution is 5.95. The van der Waals surface area contributed by atoms with Crippen molar-refractivity contribution >= 4 is 11.9 Å². The molecule has 6 nitrogen and oxygen atoms in total. The molecule has 1 aromatic heterocycles. The van der Waals surface area contributed by atoms with Gasteiger partial charge in [-0.3, -0.25) is 9.59 Å². The third kappa shape index (κ3) is 3.32. The van der Waals surface area contributed by atoms with Crippen molar-refractivity contribution in [2.75, 3.05) is 19.8 Å². The lowest BCUT2D eigenvalue weighted by Crippen LogP contribution is -2.46. The molecule has 1 fully saturated rings. The van der Waals surface area contributed by atoms with Crippen LogP contribution in [0.15, 0.2) is 10.5 Å². The van der Waals surface area contributed by atoms with E-state index in [-0.39, 0.29) is 18.4 Å². The van der Waals surface area contributed by atoms with Crippen molar-refractivity contribution in [3.8, 4) is 0 Å². The molecule has 2 heterocycles. The summed E-state index contributed by atoms with van der Waals surface area (Å²) >= 11 is 0. The van der Waals surface area contributed by atoms with E-state index in [1.54, 1.807) is 13.0 Å². The number of carboxylic acid groups (broad SMARTS) is 1. The molecule has 0 aliphatic carbocycles. The Morgan fingerprint density at radius 2 is 2.00 bits per heavy atom. The van der Waals surface area contributed by atoms with Crippen LogP contribution in [0.3, 0.4) is 0 Å². The minimum atomic E-state index is -0.938. The molecular weight excluding hydrogens is 286 g/mol. The summed E-state index contributed by atoms with van der Waals surface area (Å²) in [5, 5.41) is 12.2. The molecule has 0 radical (unpaired) electrons. The van der Waals surface area contributed by atoms with Crippen LogP contribution in [0.1, 0.15) is 54.5 Å². The fourth-order valence-corrected chi connectivity index (χ4v) is 2.59. The third-order valence-electron chi connectivity index (χ3n) is 4.24. The molecule has 6 heteroatoms. The number of carbonyl (C=O) groups is 2. The molecule has 1 aromatic rings. The Balaban J connectivity index is 2.07. The molecule has 0 atom stereocenters. The van der Waals surface area contributed by atoms with Gasteiger partial charge in [0.05, 0.1) is 11.0 Å². The van der Waals surface area contributed by atoms with Crippen molar-refractivity contribution in [3.63, 3.8) is 0 Å². The Kier molecular flexibility index (Phi) is 4.90. The largest absolute Gasteiger partial charge is 0.481 e. The van der Waals surface area contributed by atoms with E-state index in [9.17, 15) is 14.7 Å². The van der Waals surface area contributed by atoms with Crippen LogP contribution < -0.4 is 5.32 Å². The minimum absolute atomic E-state index is 0.103. The lowest BCUT2D eigenvalue weighted by Gasteiger charge is -2.33. The van der Waals surface area contributed by atoms with Crippen LogP contribution in [0.5, 0.6) is 0 Å². The van der Waals surface area contributed by atoms with Gasteiger partial charge < -0.3 is 19.6 Å². The summed E-state index contributed by atoms with van der Waals surface area (Å²) in [7, 11) is 0. The fraction of sp³-hybridized carbons (Fsp3) is 0.625. The second-order valence-electron chi connectivity index (χ2n) is 6.15. The molecule has 1 saturated heterocycles. The number of aryl methyl sites for hydroxylation is 1. The van der Waals surface area contributed by atoms with Crippen LogP contribution >= 0.6 is 0 Å². The highest BCUT2D eigenvalue weighted by Crippen LogP contribution is 2.30. The first-order chi connectivity index (χ1) is 10.4. The van der Waals surface area contributed by atoms with Gasteiger partial charge in [0.2, 0.25) is 0 Å². The van der Waals surface area contributed by atoms with Crippen LogP contribution in [0.25, 0.3) is 0 Å². The van der Waals surface area contributed by atoms with Crippen molar-refractivity contribution in [1.29, 1.82) is 0 Å². The number of amides is 1. The monoisotopic (exact) mass is 309 g/mol. The van der Waals surface area contributed by atoms with Crippen LogP contribution in [0.2, 0.25) is 0 Å². The molecule has 1 amide bonds. The molecule has 0 unspecified atom stereocenters. The number of hydrogen-bond acceptors (Lipinski definition) is 4. The van der Waals surface area contributed by atoms with E-state index >= 15 is 0 Å². The molecule has 2 rings (SSSR count). The molecule has 22 heavy (non-hydrogen) atoms. The lowest BCUT2D eigenvalue weighted by molar-refractivity contribution is -0.154. The molecule has 1 aliphatic heterocycles. The molecule has 2 N–H and O–H groups in total. The Morgan fingerprint density at radius 1 is 1.36 bits per heavy atom. The van der Waals surface area contributed by atoms with Gasteiger partial charge in [-0.05, 0) is 25.8 Å². The summed E-state index contributed by atoms with van der Waals surface area (Å²) in [6.07, 6.45) is 0.814. The van der Waals surface area contributed by atoms with E-state index in [1.165, 1.54) is 0 Å². The Morgan fingerprint density at radius 3 is 2.50 bits per heavy atom. The van der Waals surface area contributed by atoms with Gasteiger partial charge in [0.1, 0.15) is 11.5 Å². The van der Waals surface area contributed by atoms with Gasteiger partial charge in [-0.25, -0.2) is 0 Å². The van der Waals surface area contributed by atoms with Crippen molar-refractivity contribution in [1.82, 2.24) is 5.32 Å². The number of ether oxygens (including phenoxy) is 1. The number of nitrogens with one attached hydrogen (secondary N) is 1. The average Bonchev–Trinajstić information content (AvgIpc) is 2.88. The van der Waals surface area contributed by atoms with Crippen LogP contribution in [0, 0.1) is 12.3 Å². The Hall–Kier alpha value is -1.82. The smallest absolute Gasteiger partial charge is 0.311 e. The summed E-state index contributed by atoms with van der Waals surface area (Å²) in [6, 6.07) is 1.73. The SMILES string of the molecule is Cc1oc(C(C)C)cc1C(=O)NCC1(C(=O)O)CCOCC1. The van der Waals surface area contributed by atoms with Crippen LogP contribution in [-0.4, -0.2) is 36.7 Å². The van der Waals surface area contributed by atoms with Gasteiger partial charge in [-0.15, -0.1) is 0 Å². The molecule has 0 bridgehead atoms. The molecular formula is C16H23NO5. The van der Waals surface area contributed by atoms with E-state index in [4.69, 9.17) is 9.15 Å². The maximum Gasteiger partial charge on any atom is 0.311 e. The number of hydrogen-bond donors (Lipinski definition) is 2. The molecule has 122 valence electrons. The summed E-state index contributed by atoms with van der Waals surface area (Å²) in [4.78, 5) is 23.9. The van der Waals surface area contributed by atoms with E-state index in [2.05, 4.69) is 5.32 Å². The van der Waals surface area contributed by atoms with Crippen LogP contribution in [0.4, 0.5) is 0 Å². The van der Waals surface area contributed by atoms with Crippen molar-refractivity contribution in [2.45, 2.75) is 39.5 Å². The predicted octanol–water partition coefficient (Wildman–Crippen LogP) is 2.32. The topological polar surface area (TPSA) is 88.8 Å². The first-order valence-corrected chi connectivity index (χ1v) is 7.55. The van der Waals surface area contributed by atoms with Gasteiger partial charge in [-0.1, -0.05) is 13.8 Å². The maximum atomic E-state index is 12.3. The lowest BCUT2D eigenvalue weighted by atomic mass is 9.80. The van der Waals surface area contributed by atoms with Crippen molar-refractivity contribution < 1.29 is 23.8 Å². The summed E-state index contributed by atoms with van der Waals surface area (Å²) in [5.41, 5.74) is -0.469. The summed E-state index contributed by atoms with van der Waals surface area (Å²) in [5.74, 6) is 0.323.